The summed E-state index contributed by atoms with van der Waals surface area (Å²) in [6, 6.07) is 6.38. The SMILES string of the molecule is CONCc1ccc(N2CCOCC2)c(Br)c1. The maximum atomic E-state index is 5.35. The van der Waals surface area contributed by atoms with Gasteiger partial charge in [-0.05, 0) is 33.6 Å². The van der Waals surface area contributed by atoms with E-state index in [2.05, 4.69) is 44.5 Å². The second-order valence-electron chi connectivity index (χ2n) is 3.91. The maximum absolute atomic E-state index is 5.35. The van der Waals surface area contributed by atoms with Crippen LogP contribution >= 0.6 is 15.9 Å². The van der Waals surface area contributed by atoms with E-state index in [4.69, 9.17) is 9.57 Å². The van der Waals surface area contributed by atoms with Gasteiger partial charge in [0.05, 0.1) is 26.0 Å². The van der Waals surface area contributed by atoms with Gasteiger partial charge < -0.3 is 14.5 Å². The van der Waals surface area contributed by atoms with E-state index in [9.17, 15) is 0 Å². The maximum Gasteiger partial charge on any atom is 0.0642 e. The number of ether oxygens (including phenoxy) is 1. The third-order valence-corrected chi connectivity index (χ3v) is 3.42. The highest BCUT2D eigenvalue weighted by atomic mass is 79.9. The van der Waals surface area contributed by atoms with E-state index < -0.39 is 0 Å². The molecule has 1 saturated heterocycles. The fourth-order valence-corrected chi connectivity index (χ4v) is 2.55. The monoisotopic (exact) mass is 300 g/mol. The zero-order valence-corrected chi connectivity index (χ0v) is 11.5. The third-order valence-electron chi connectivity index (χ3n) is 2.78. The molecule has 0 saturated carbocycles. The van der Waals surface area contributed by atoms with Crippen molar-refractivity contribution in [2.45, 2.75) is 6.54 Å². The Morgan fingerprint density at radius 3 is 2.82 bits per heavy atom. The van der Waals surface area contributed by atoms with Crippen molar-refractivity contribution < 1.29 is 9.57 Å². The van der Waals surface area contributed by atoms with Crippen LogP contribution in [0.4, 0.5) is 5.69 Å². The number of hydrogen-bond acceptors (Lipinski definition) is 4. The number of anilines is 1. The van der Waals surface area contributed by atoms with E-state index in [1.54, 1.807) is 7.11 Å². The summed E-state index contributed by atoms with van der Waals surface area (Å²) in [7, 11) is 1.62. The second kappa shape index (κ2) is 6.35. The van der Waals surface area contributed by atoms with Gasteiger partial charge in [-0.2, -0.15) is 5.48 Å². The Labute approximate surface area is 110 Å². The lowest BCUT2D eigenvalue weighted by atomic mass is 10.2. The van der Waals surface area contributed by atoms with Gasteiger partial charge >= 0.3 is 0 Å². The Bertz CT molecular complexity index is 368. The Morgan fingerprint density at radius 1 is 1.41 bits per heavy atom. The number of hydrogen-bond donors (Lipinski definition) is 1. The van der Waals surface area contributed by atoms with Gasteiger partial charge in [0, 0.05) is 24.1 Å². The minimum absolute atomic E-state index is 0.707. The van der Waals surface area contributed by atoms with Crippen LogP contribution in [0.1, 0.15) is 5.56 Å². The van der Waals surface area contributed by atoms with E-state index in [1.165, 1.54) is 11.3 Å². The van der Waals surface area contributed by atoms with Gasteiger partial charge in [-0.25, -0.2) is 0 Å². The number of rotatable bonds is 4. The Hall–Kier alpha value is -0.620. The van der Waals surface area contributed by atoms with Crippen LogP contribution in [0.5, 0.6) is 0 Å². The van der Waals surface area contributed by atoms with Crippen LogP contribution in [0.15, 0.2) is 22.7 Å². The summed E-state index contributed by atoms with van der Waals surface area (Å²) in [4.78, 5) is 7.17. The van der Waals surface area contributed by atoms with Crippen LogP contribution in [-0.2, 0) is 16.1 Å². The lowest BCUT2D eigenvalue weighted by Crippen LogP contribution is -2.36. The van der Waals surface area contributed by atoms with Gasteiger partial charge in [0.1, 0.15) is 0 Å². The highest BCUT2D eigenvalue weighted by Crippen LogP contribution is 2.28. The molecule has 5 heteroatoms. The van der Waals surface area contributed by atoms with E-state index in [-0.39, 0.29) is 0 Å². The molecule has 2 rings (SSSR count). The summed E-state index contributed by atoms with van der Waals surface area (Å²) < 4.78 is 6.47. The number of nitrogens with one attached hydrogen (secondary N) is 1. The second-order valence-corrected chi connectivity index (χ2v) is 4.76. The molecule has 0 aromatic heterocycles. The topological polar surface area (TPSA) is 33.7 Å². The minimum Gasteiger partial charge on any atom is -0.378 e. The molecule has 94 valence electrons. The minimum atomic E-state index is 0.707. The first-order chi connectivity index (χ1) is 8.31. The zero-order chi connectivity index (χ0) is 12.1. The largest absolute Gasteiger partial charge is 0.378 e. The van der Waals surface area contributed by atoms with Crippen LogP contribution in [0, 0.1) is 0 Å². The molecule has 1 aromatic carbocycles. The zero-order valence-electron chi connectivity index (χ0n) is 9.91. The third kappa shape index (κ3) is 3.42. The van der Waals surface area contributed by atoms with Gasteiger partial charge in [-0.3, -0.25) is 0 Å². The molecule has 0 atom stereocenters. The summed E-state index contributed by atoms with van der Waals surface area (Å²) >= 11 is 3.62. The molecule has 1 aliphatic heterocycles. The van der Waals surface area contributed by atoms with E-state index >= 15 is 0 Å². The Kier molecular flexibility index (Phi) is 4.79. The molecule has 0 radical (unpaired) electrons. The average molecular weight is 301 g/mol. The van der Waals surface area contributed by atoms with Crippen molar-refractivity contribution in [1.82, 2.24) is 5.48 Å². The molecule has 0 unspecified atom stereocenters. The van der Waals surface area contributed by atoms with Crippen molar-refractivity contribution in [1.29, 1.82) is 0 Å². The van der Waals surface area contributed by atoms with E-state index in [0.29, 0.717) is 6.54 Å². The van der Waals surface area contributed by atoms with Crippen LogP contribution in [0.3, 0.4) is 0 Å². The number of halogens is 1. The van der Waals surface area contributed by atoms with Gasteiger partial charge in [-0.1, -0.05) is 6.07 Å². The van der Waals surface area contributed by atoms with Crippen LogP contribution in [-0.4, -0.2) is 33.4 Å². The molecule has 0 bridgehead atoms. The lowest BCUT2D eigenvalue weighted by molar-refractivity contribution is 0.0867. The first kappa shape index (κ1) is 12.8. The van der Waals surface area contributed by atoms with Crippen LogP contribution in [0.25, 0.3) is 0 Å². The van der Waals surface area contributed by atoms with Crippen molar-refractivity contribution >= 4 is 21.6 Å². The normalized spacial score (nSPS) is 16.2. The van der Waals surface area contributed by atoms with Crippen LogP contribution < -0.4 is 10.4 Å². The predicted molar refractivity (Wildman–Crippen MR) is 71.0 cm³/mol. The van der Waals surface area contributed by atoms with Gasteiger partial charge in [-0.15, -0.1) is 0 Å². The molecule has 1 aromatic rings. The smallest absolute Gasteiger partial charge is 0.0642 e. The molecule has 17 heavy (non-hydrogen) atoms. The lowest BCUT2D eigenvalue weighted by Gasteiger charge is -2.29. The highest BCUT2D eigenvalue weighted by Gasteiger charge is 2.13. The Morgan fingerprint density at radius 2 is 2.18 bits per heavy atom. The number of hydroxylamine groups is 1. The summed E-state index contributed by atoms with van der Waals surface area (Å²) in [5, 5.41) is 0. The number of benzene rings is 1. The summed E-state index contributed by atoms with van der Waals surface area (Å²) in [6.07, 6.45) is 0. The first-order valence-electron chi connectivity index (χ1n) is 5.68. The highest BCUT2D eigenvalue weighted by molar-refractivity contribution is 9.10. The molecule has 0 amide bonds. The van der Waals surface area contributed by atoms with Gasteiger partial charge in [0.25, 0.3) is 0 Å². The predicted octanol–water partition coefficient (Wildman–Crippen LogP) is 1.94. The Balaban J connectivity index is 2.07. The molecular weight excluding hydrogens is 284 g/mol. The van der Waals surface area contributed by atoms with Gasteiger partial charge in [0.2, 0.25) is 0 Å². The van der Waals surface area contributed by atoms with Crippen molar-refractivity contribution in [3.8, 4) is 0 Å². The molecule has 1 aliphatic rings. The van der Waals surface area contributed by atoms with Crippen molar-refractivity contribution in [2.24, 2.45) is 0 Å². The van der Waals surface area contributed by atoms with E-state index in [0.717, 1.165) is 30.8 Å². The van der Waals surface area contributed by atoms with E-state index in [1.807, 2.05) is 0 Å². The van der Waals surface area contributed by atoms with Gasteiger partial charge in [0.15, 0.2) is 0 Å². The average Bonchev–Trinajstić information content (AvgIpc) is 2.37. The first-order valence-corrected chi connectivity index (χ1v) is 6.47. The quantitative estimate of drug-likeness (QED) is 0.862. The van der Waals surface area contributed by atoms with Crippen molar-refractivity contribution in [2.75, 3.05) is 38.3 Å². The molecule has 0 aliphatic carbocycles. The molecule has 1 fully saturated rings. The van der Waals surface area contributed by atoms with Crippen molar-refractivity contribution in [3.05, 3.63) is 28.2 Å². The molecule has 1 heterocycles. The summed E-state index contributed by atoms with van der Waals surface area (Å²) in [5.74, 6) is 0. The molecule has 0 spiro atoms. The molecular formula is C12H17BrN2O2. The molecule has 1 N–H and O–H groups in total. The molecule has 4 nitrogen and oxygen atoms in total. The number of nitrogens with zero attached hydrogens (tertiary/aromatic N) is 1. The van der Waals surface area contributed by atoms with Crippen molar-refractivity contribution in [3.63, 3.8) is 0 Å². The summed E-state index contributed by atoms with van der Waals surface area (Å²) in [5.41, 5.74) is 5.26. The summed E-state index contributed by atoms with van der Waals surface area (Å²) in [6.45, 7) is 4.22. The number of morpholine rings is 1. The fraction of sp³-hybridized carbons (Fsp3) is 0.500. The standard InChI is InChI=1S/C12H17BrN2O2/c1-16-14-9-10-2-3-12(11(13)8-10)15-4-6-17-7-5-15/h2-3,8,14H,4-7,9H2,1H3. The van der Waals surface area contributed by atoms with Crippen LogP contribution in [0.2, 0.25) is 0 Å². The fourth-order valence-electron chi connectivity index (χ4n) is 1.88.